The number of benzene rings is 3. The molecule has 2 aromatic heterocycles. The van der Waals surface area contributed by atoms with Crippen molar-refractivity contribution in [2.24, 2.45) is 0 Å². The number of halogens is 6. The highest BCUT2D eigenvalue weighted by Crippen LogP contribution is 2.41. The van der Waals surface area contributed by atoms with E-state index in [0.29, 0.717) is 43.9 Å². The van der Waals surface area contributed by atoms with E-state index in [2.05, 4.69) is 10.2 Å². The Morgan fingerprint density at radius 2 is 1.25 bits per heavy atom. The summed E-state index contributed by atoms with van der Waals surface area (Å²) in [6, 6.07) is 22.9. The molecule has 0 unspecified atom stereocenters. The topological polar surface area (TPSA) is 38.9 Å². The van der Waals surface area contributed by atoms with E-state index in [-0.39, 0.29) is 16.3 Å². The molecule has 180 valence electrons. The number of hydrogen-bond donors (Lipinski definition) is 0. The highest BCUT2D eigenvalue weighted by molar-refractivity contribution is 6.34. The second kappa shape index (κ2) is 9.62. The molecule has 0 bridgehead atoms. The summed E-state index contributed by atoms with van der Waals surface area (Å²) in [7, 11) is 0. The standard InChI is InChI=1S/C27H14Cl3F3N2O/c28-20-7-3-1-5-16(20)23-14-18(26(35-34-23)17-6-2-4-8-21(17)29)25-12-11-24(36-25)15-9-10-22(30)19(13-15)27(31,32)33/h1-14H. The van der Waals surface area contributed by atoms with E-state index < -0.39 is 11.7 Å². The number of alkyl halides is 3. The molecule has 2 heterocycles. The minimum atomic E-state index is -4.60. The van der Waals surface area contributed by atoms with Crippen molar-refractivity contribution in [1.29, 1.82) is 0 Å². The van der Waals surface area contributed by atoms with Crippen molar-refractivity contribution in [3.05, 3.63) is 106 Å². The summed E-state index contributed by atoms with van der Waals surface area (Å²) in [6.45, 7) is 0. The lowest BCUT2D eigenvalue weighted by Gasteiger charge is -2.11. The lowest BCUT2D eigenvalue weighted by atomic mass is 10.0. The number of hydrogen-bond acceptors (Lipinski definition) is 3. The van der Waals surface area contributed by atoms with Gasteiger partial charge in [0.2, 0.25) is 0 Å². The molecule has 0 saturated heterocycles. The van der Waals surface area contributed by atoms with Crippen LogP contribution < -0.4 is 0 Å². The summed E-state index contributed by atoms with van der Waals surface area (Å²) in [5.41, 5.74) is 2.06. The van der Waals surface area contributed by atoms with Crippen LogP contribution in [0.5, 0.6) is 0 Å². The predicted octanol–water partition coefficient (Wildman–Crippen LogP) is 9.72. The summed E-state index contributed by atoms with van der Waals surface area (Å²) < 4.78 is 46.2. The van der Waals surface area contributed by atoms with Gasteiger partial charge in [0, 0.05) is 22.3 Å². The monoisotopic (exact) mass is 544 g/mol. The maximum Gasteiger partial charge on any atom is 0.417 e. The Morgan fingerprint density at radius 1 is 0.611 bits per heavy atom. The van der Waals surface area contributed by atoms with Gasteiger partial charge in [-0.25, -0.2) is 0 Å². The first kappa shape index (κ1) is 24.4. The second-order valence-electron chi connectivity index (χ2n) is 7.81. The van der Waals surface area contributed by atoms with Crippen LogP contribution in [0.2, 0.25) is 15.1 Å². The van der Waals surface area contributed by atoms with Gasteiger partial charge in [0.05, 0.1) is 26.3 Å². The van der Waals surface area contributed by atoms with Gasteiger partial charge in [-0.2, -0.15) is 13.2 Å². The van der Waals surface area contributed by atoms with Gasteiger partial charge >= 0.3 is 6.18 Å². The number of furan rings is 1. The lowest BCUT2D eigenvalue weighted by molar-refractivity contribution is -0.137. The summed E-state index contributed by atoms with van der Waals surface area (Å²) in [5.74, 6) is 0.597. The molecule has 0 aliphatic rings. The Morgan fingerprint density at radius 3 is 1.92 bits per heavy atom. The van der Waals surface area contributed by atoms with Gasteiger partial charge in [-0.3, -0.25) is 0 Å². The molecule has 0 fully saturated rings. The van der Waals surface area contributed by atoms with Gasteiger partial charge in [0.1, 0.15) is 17.2 Å². The molecule has 0 atom stereocenters. The molecular weight excluding hydrogens is 532 g/mol. The van der Waals surface area contributed by atoms with Crippen LogP contribution in [0.3, 0.4) is 0 Å². The lowest BCUT2D eigenvalue weighted by Crippen LogP contribution is -2.05. The summed E-state index contributed by atoms with van der Waals surface area (Å²) in [4.78, 5) is 0. The number of aromatic nitrogens is 2. The molecule has 0 amide bonds. The van der Waals surface area contributed by atoms with Gasteiger partial charge in [-0.15, -0.1) is 10.2 Å². The minimum absolute atomic E-state index is 0.227. The van der Waals surface area contributed by atoms with Crippen LogP contribution in [0.15, 0.2) is 89.3 Å². The maximum atomic E-state index is 13.4. The molecule has 0 spiro atoms. The van der Waals surface area contributed by atoms with E-state index >= 15 is 0 Å². The van der Waals surface area contributed by atoms with Crippen LogP contribution in [0.25, 0.3) is 45.2 Å². The Bertz CT molecular complexity index is 1580. The van der Waals surface area contributed by atoms with Gasteiger partial charge in [0.15, 0.2) is 0 Å². The van der Waals surface area contributed by atoms with Crippen molar-refractivity contribution in [1.82, 2.24) is 10.2 Å². The van der Waals surface area contributed by atoms with Gasteiger partial charge < -0.3 is 4.42 Å². The van der Waals surface area contributed by atoms with Crippen LogP contribution in [-0.4, -0.2) is 10.2 Å². The van der Waals surface area contributed by atoms with E-state index in [1.807, 2.05) is 18.2 Å². The minimum Gasteiger partial charge on any atom is -0.456 e. The quantitative estimate of drug-likeness (QED) is 0.226. The fourth-order valence-corrected chi connectivity index (χ4v) is 4.45. The molecular formula is C27H14Cl3F3N2O. The third-order valence-electron chi connectivity index (χ3n) is 5.50. The van der Waals surface area contributed by atoms with Crippen LogP contribution in [0.1, 0.15) is 5.56 Å². The van der Waals surface area contributed by atoms with E-state index in [1.165, 1.54) is 12.1 Å². The van der Waals surface area contributed by atoms with Gasteiger partial charge in [-0.05, 0) is 48.5 Å². The predicted molar refractivity (Wildman–Crippen MR) is 136 cm³/mol. The van der Waals surface area contributed by atoms with E-state index in [9.17, 15) is 13.2 Å². The highest BCUT2D eigenvalue weighted by Gasteiger charge is 2.33. The molecule has 36 heavy (non-hydrogen) atoms. The number of nitrogens with zero attached hydrogens (tertiary/aromatic N) is 2. The molecule has 3 aromatic carbocycles. The molecule has 0 radical (unpaired) electrons. The van der Waals surface area contributed by atoms with Crippen molar-refractivity contribution in [3.63, 3.8) is 0 Å². The largest absolute Gasteiger partial charge is 0.456 e. The Labute approximate surface area is 219 Å². The average Bonchev–Trinajstić information content (AvgIpc) is 3.34. The summed E-state index contributed by atoms with van der Waals surface area (Å²) in [5, 5.41) is 9.34. The van der Waals surface area contributed by atoms with Crippen LogP contribution in [-0.2, 0) is 6.18 Å². The fraction of sp³-hybridized carbons (Fsp3) is 0.0370. The Balaban J connectivity index is 1.67. The summed E-state index contributed by atoms with van der Waals surface area (Å²) >= 11 is 18.6. The maximum absolute atomic E-state index is 13.4. The van der Waals surface area contributed by atoms with Crippen molar-refractivity contribution in [2.75, 3.05) is 0 Å². The molecule has 0 N–H and O–H groups in total. The van der Waals surface area contributed by atoms with E-state index in [1.54, 1.807) is 48.5 Å². The normalized spacial score (nSPS) is 11.6. The van der Waals surface area contributed by atoms with E-state index in [4.69, 9.17) is 39.2 Å². The third kappa shape index (κ3) is 4.72. The number of rotatable bonds is 4. The molecule has 0 saturated carbocycles. The molecule has 0 aliphatic carbocycles. The second-order valence-corrected chi connectivity index (χ2v) is 9.03. The Kier molecular flexibility index (Phi) is 6.51. The SMILES string of the molecule is FC(F)(F)c1cc(-c2ccc(-c3cc(-c4ccccc4Cl)nnc3-c3ccccc3Cl)o2)ccc1Cl. The first-order valence-electron chi connectivity index (χ1n) is 10.6. The van der Waals surface area contributed by atoms with Gasteiger partial charge in [-0.1, -0.05) is 71.2 Å². The molecule has 3 nitrogen and oxygen atoms in total. The Hall–Kier alpha value is -3.32. The zero-order valence-corrected chi connectivity index (χ0v) is 20.4. The van der Waals surface area contributed by atoms with Crippen LogP contribution in [0, 0.1) is 0 Å². The first-order valence-corrected chi connectivity index (χ1v) is 11.7. The van der Waals surface area contributed by atoms with Crippen LogP contribution in [0.4, 0.5) is 13.2 Å². The van der Waals surface area contributed by atoms with Crippen molar-refractivity contribution in [3.8, 4) is 45.2 Å². The van der Waals surface area contributed by atoms with Gasteiger partial charge in [0.25, 0.3) is 0 Å². The van der Waals surface area contributed by atoms with Crippen molar-refractivity contribution < 1.29 is 17.6 Å². The zero-order valence-electron chi connectivity index (χ0n) is 18.2. The zero-order chi connectivity index (χ0) is 25.4. The van der Waals surface area contributed by atoms with Crippen LogP contribution >= 0.6 is 34.8 Å². The molecule has 5 rings (SSSR count). The van der Waals surface area contributed by atoms with Crippen molar-refractivity contribution >= 4 is 34.8 Å². The third-order valence-corrected chi connectivity index (χ3v) is 6.49. The van der Waals surface area contributed by atoms with Crippen molar-refractivity contribution in [2.45, 2.75) is 6.18 Å². The molecule has 0 aliphatic heterocycles. The molecule has 5 aromatic rings. The first-order chi connectivity index (χ1) is 17.2. The molecule has 9 heteroatoms. The highest BCUT2D eigenvalue weighted by atomic mass is 35.5. The average molecular weight is 546 g/mol. The van der Waals surface area contributed by atoms with E-state index in [0.717, 1.165) is 6.07 Å². The smallest absolute Gasteiger partial charge is 0.417 e. The summed E-state index contributed by atoms with van der Waals surface area (Å²) in [6.07, 6.45) is -4.60. The fourth-order valence-electron chi connectivity index (χ4n) is 3.77.